The first-order valence-electron chi connectivity index (χ1n) is 8.82. The topological polar surface area (TPSA) is 44.6 Å². The number of para-hydroxylation sites is 1. The lowest BCUT2D eigenvalue weighted by atomic mass is 9.92. The van der Waals surface area contributed by atoms with Gasteiger partial charge in [-0.05, 0) is 25.6 Å². The first-order valence-corrected chi connectivity index (χ1v) is 8.82. The number of hydrogen-bond acceptors (Lipinski definition) is 4. The van der Waals surface area contributed by atoms with Crippen molar-refractivity contribution in [3.8, 4) is 0 Å². The maximum absolute atomic E-state index is 12.6. The van der Waals surface area contributed by atoms with Crippen molar-refractivity contribution in [1.82, 2.24) is 19.6 Å². The Kier molecular flexibility index (Phi) is 4.09. The van der Waals surface area contributed by atoms with Gasteiger partial charge in [-0.2, -0.15) is 5.10 Å². The Morgan fingerprint density at radius 2 is 1.96 bits per heavy atom. The fraction of sp³-hybridized carbons (Fsp3) is 0.474. The van der Waals surface area contributed by atoms with Crippen LogP contribution in [-0.4, -0.2) is 64.3 Å². The van der Waals surface area contributed by atoms with E-state index in [1.165, 1.54) is 5.56 Å². The monoisotopic (exact) mass is 339 g/mol. The number of aryl methyl sites for hydroxylation is 1. The highest BCUT2D eigenvalue weighted by atomic mass is 16.2. The highest BCUT2D eigenvalue weighted by Gasteiger charge is 2.47. The van der Waals surface area contributed by atoms with Gasteiger partial charge in [-0.1, -0.05) is 18.2 Å². The highest BCUT2D eigenvalue weighted by molar-refractivity contribution is 5.96. The Balaban J connectivity index is 1.51. The molecule has 1 spiro atoms. The largest absolute Gasteiger partial charge is 0.309 e. The van der Waals surface area contributed by atoms with Crippen LogP contribution >= 0.6 is 0 Å². The van der Waals surface area contributed by atoms with Gasteiger partial charge in [-0.25, -0.2) is 0 Å². The lowest BCUT2D eigenvalue weighted by Gasteiger charge is -2.47. The molecule has 2 fully saturated rings. The molecular formula is C19H25N5O. The number of nitrogens with zero attached hydrogens (tertiary/aromatic N) is 5. The molecule has 0 saturated carbocycles. The number of carbonyl (C=O) groups is 1. The molecular weight excluding hydrogens is 314 g/mol. The van der Waals surface area contributed by atoms with Crippen LogP contribution in [-0.2, 0) is 18.4 Å². The van der Waals surface area contributed by atoms with Crippen molar-refractivity contribution in [2.75, 3.05) is 38.1 Å². The molecule has 2 aromatic rings. The van der Waals surface area contributed by atoms with Crippen LogP contribution in [0, 0.1) is 0 Å². The zero-order valence-corrected chi connectivity index (χ0v) is 14.9. The molecule has 2 aliphatic rings. The van der Waals surface area contributed by atoms with Crippen molar-refractivity contribution >= 4 is 11.6 Å². The number of rotatable bonds is 3. The summed E-state index contributed by atoms with van der Waals surface area (Å²) < 4.78 is 1.85. The molecule has 0 unspecified atom stereocenters. The number of carbonyl (C=O) groups excluding carboxylic acids is 1. The number of hydrogen-bond donors (Lipinski definition) is 0. The van der Waals surface area contributed by atoms with Crippen molar-refractivity contribution in [2.24, 2.45) is 7.05 Å². The number of aromatic nitrogens is 2. The van der Waals surface area contributed by atoms with Gasteiger partial charge in [0.25, 0.3) is 0 Å². The van der Waals surface area contributed by atoms with Gasteiger partial charge in [-0.3, -0.25) is 19.3 Å². The van der Waals surface area contributed by atoms with Gasteiger partial charge in [0.1, 0.15) is 0 Å². The van der Waals surface area contributed by atoms with Crippen LogP contribution < -0.4 is 4.90 Å². The molecule has 0 aliphatic carbocycles. The molecule has 132 valence electrons. The molecule has 6 nitrogen and oxygen atoms in total. The summed E-state index contributed by atoms with van der Waals surface area (Å²) in [5, 5.41) is 4.27. The molecule has 1 atom stereocenters. The van der Waals surface area contributed by atoms with Crippen molar-refractivity contribution in [1.29, 1.82) is 0 Å². The minimum atomic E-state index is 0.0337. The zero-order valence-electron chi connectivity index (χ0n) is 14.9. The quantitative estimate of drug-likeness (QED) is 0.847. The predicted molar refractivity (Wildman–Crippen MR) is 97.3 cm³/mol. The summed E-state index contributed by atoms with van der Waals surface area (Å²) >= 11 is 0. The van der Waals surface area contributed by atoms with Gasteiger partial charge in [0, 0.05) is 50.7 Å². The minimum Gasteiger partial charge on any atom is -0.309 e. The molecule has 3 heterocycles. The molecule has 0 bridgehead atoms. The van der Waals surface area contributed by atoms with Crippen LogP contribution in [0.15, 0.2) is 42.7 Å². The van der Waals surface area contributed by atoms with Gasteiger partial charge in [-0.15, -0.1) is 0 Å². The molecule has 0 N–H and O–H groups in total. The third kappa shape index (κ3) is 3.07. The fourth-order valence-corrected chi connectivity index (χ4v) is 4.13. The van der Waals surface area contributed by atoms with Crippen LogP contribution in [0.4, 0.5) is 5.69 Å². The van der Waals surface area contributed by atoms with Crippen molar-refractivity contribution in [2.45, 2.75) is 18.5 Å². The molecule has 25 heavy (non-hydrogen) atoms. The van der Waals surface area contributed by atoms with Gasteiger partial charge < -0.3 is 4.90 Å². The Morgan fingerprint density at radius 3 is 2.68 bits per heavy atom. The molecule has 1 aromatic heterocycles. The second-order valence-electron chi connectivity index (χ2n) is 7.38. The normalized spacial score (nSPS) is 25.2. The maximum atomic E-state index is 12.6. The molecule has 2 aliphatic heterocycles. The van der Waals surface area contributed by atoms with E-state index in [1.807, 2.05) is 53.2 Å². The van der Waals surface area contributed by atoms with E-state index in [-0.39, 0.29) is 11.4 Å². The van der Waals surface area contributed by atoms with Crippen molar-refractivity contribution in [3.63, 3.8) is 0 Å². The van der Waals surface area contributed by atoms with Crippen LogP contribution in [0.1, 0.15) is 12.0 Å². The second kappa shape index (κ2) is 6.28. The van der Waals surface area contributed by atoms with E-state index in [9.17, 15) is 4.79 Å². The first-order chi connectivity index (χ1) is 12.1. The number of amides is 1. The molecule has 4 rings (SSSR count). The number of benzene rings is 1. The fourth-order valence-electron chi connectivity index (χ4n) is 4.13. The van der Waals surface area contributed by atoms with Crippen molar-refractivity contribution in [3.05, 3.63) is 48.3 Å². The average molecular weight is 339 g/mol. The summed E-state index contributed by atoms with van der Waals surface area (Å²) in [5.41, 5.74) is 2.28. The standard InChI is InChI=1S/C19H25N5O/c1-21-13-18(25)24(17-6-4-3-5-7-17)15-19(21)8-9-23(14-19)12-16-10-20-22(2)11-16/h3-7,10-11H,8-9,12-15H2,1-2H3/t19-/m1/s1. The molecule has 6 heteroatoms. The number of likely N-dealkylation sites (N-methyl/N-ethyl adjacent to an activating group) is 1. The van der Waals surface area contributed by atoms with Crippen LogP contribution in [0.3, 0.4) is 0 Å². The maximum Gasteiger partial charge on any atom is 0.241 e. The first kappa shape index (κ1) is 16.3. The lowest BCUT2D eigenvalue weighted by Crippen LogP contribution is -2.64. The van der Waals surface area contributed by atoms with Gasteiger partial charge in [0.05, 0.1) is 18.3 Å². The number of likely N-dealkylation sites (tertiary alicyclic amines) is 1. The van der Waals surface area contributed by atoms with E-state index in [1.54, 1.807) is 0 Å². The van der Waals surface area contributed by atoms with E-state index < -0.39 is 0 Å². The minimum absolute atomic E-state index is 0.0337. The van der Waals surface area contributed by atoms with E-state index in [2.05, 4.69) is 28.1 Å². The summed E-state index contributed by atoms with van der Waals surface area (Å²) in [7, 11) is 4.04. The summed E-state index contributed by atoms with van der Waals surface area (Å²) in [6.45, 7) is 4.19. The molecule has 1 aromatic carbocycles. The molecule has 0 radical (unpaired) electrons. The predicted octanol–water partition coefficient (Wildman–Crippen LogP) is 1.34. The summed E-state index contributed by atoms with van der Waals surface area (Å²) in [6, 6.07) is 10.0. The smallest absolute Gasteiger partial charge is 0.241 e. The SMILES string of the molecule is CN1CC(=O)N(c2ccccc2)C[C@]12CCN(Cc1cnn(C)c1)C2. The Bertz CT molecular complexity index is 758. The van der Waals surface area contributed by atoms with Crippen LogP contribution in [0.2, 0.25) is 0 Å². The van der Waals surface area contributed by atoms with Crippen LogP contribution in [0.25, 0.3) is 0 Å². The summed E-state index contributed by atoms with van der Waals surface area (Å²) in [6.07, 6.45) is 5.10. The van der Waals surface area contributed by atoms with Gasteiger partial charge in [0.15, 0.2) is 0 Å². The molecule has 1 amide bonds. The molecule has 2 saturated heterocycles. The van der Waals surface area contributed by atoms with E-state index in [0.29, 0.717) is 6.54 Å². The highest BCUT2D eigenvalue weighted by Crippen LogP contribution is 2.33. The lowest BCUT2D eigenvalue weighted by molar-refractivity contribution is -0.123. The van der Waals surface area contributed by atoms with Gasteiger partial charge in [0.2, 0.25) is 5.91 Å². The van der Waals surface area contributed by atoms with E-state index >= 15 is 0 Å². The Morgan fingerprint density at radius 1 is 1.16 bits per heavy atom. The zero-order chi connectivity index (χ0) is 17.4. The third-order valence-corrected chi connectivity index (χ3v) is 5.58. The van der Waals surface area contributed by atoms with Gasteiger partial charge >= 0.3 is 0 Å². The third-order valence-electron chi connectivity index (χ3n) is 5.58. The summed E-state index contributed by atoms with van der Waals surface area (Å²) in [4.78, 5) is 19.3. The Hall–Kier alpha value is -2.18. The average Bonchev–Trinajstić information content (AvgIpc) is 3.20. The van der Waals surface area contributed by atoms with E-state index in [4.69, 9.17) is 0 Å². The summed E-state index contributed by atoms with van der Waals surface area (Å²) in [5.74, 6) is 0.185. The second-order valence-corrected chi connectivity index (χ2v) is 7.38. The number of anilines is 1. The number of piperazine rings is 1. The Labute approximate surface area is 148 Å². The van der Waals surface area contributed by atoms with E-state index in [0.717, 1.165) is 38.3 Å². The van der Waals surface area contributed by atoms with Crippen molar-refractivity contribution < 1.29 is 4.79 Å². The van der Waals surface area contributed by atoms with Crippen LogP contribution in [0.5, 0.6) is 0 Å².